The van der Waals surface area contributed by atoms with E-state index in [1.807, 2.05) is 13.8 Å². The van der Waals surface area contributed by atoms with Gasteiger partial charge < -0.3 is 10.1 Å². The number of carbonyl (C=O) groups excluding carboxylic acids is 2. The molecule has 0 aliphatic heterocycles. The number of thiophene rings is 1. The number of hydrogen-bond donors (Lipinski definition) is 1. The average molecular weight is 484 g/mol. The predicted molar refractivity (Wildman–Crippen MR) is 119 cm³/mol. The van der Waals surface area contributed by atoms with Gasteiger partial charge in [-0.05, 0) is 63.5 Å². The maximum atomic E-state index is 13.1. The highest BCUT2D eigenvalue weighted by Crippen LogP contribution is 2.42. The van der Waals surface area contributed by atoms with Crippen molar-refractivity contribution in [3.8, 4) is 0 Å². The van der Waals surface area contributed by atoms with E-state index in [1.165, 1.54) is 16.0 Å². The van der Waals surface area contributed by atoms with Crippen molar-refractivity contribution in [2.24, 2.45) is 0 Å². The highest BCUT2D eigenvalue weighted by Gasteiger charge is 2.38. The molecular weight excluding hydrogens is 455 g/mol. The fourth-order valence-corrected chi connectivity index (χ4v) is 5.34. The molecule has 0 radical (unpaired) electrons. The molecule has 6 nitrogen and oxygen atoms in total. The first-order valence-electron chi connectivity index (χ1n) is 11.5. The van der Waals surface area contributed by atoms with E-state index in [1.54, 1.807) is 0 Å². The number of amides is 1. The van der Waals surface area contributed by atoms with Crippen LogP contribution in [-0.4, -0.2) is 27.8 Å². The Morgan fingerprint density at radius 2 is 2.03 bits per heavy atom. The summed E-state index contributed by atoms with van der Waals surface area (Å²) in [5.74, 6) is -0.725. The molecule has 1 N–H and O–H groups in total. The van der Waals surface area contributed by atoms with Crippen LogP contribution in [0.4, 0.5) is 18.2 Å². The molecule has 4 rings (SSSR count). The quantitative estimate of drug-likeness (QED) is 0.489. The summed E-state index contributed by atoms with van der Waals surface area (Å²) >= 11 is 1.40. The lowest BCUT2D eigenvalue weighted by atomic mass is 9.95. The molecule has 0 saturated heterocycles. The van der Waals surface area contributed by atoms with E-state index in [9.17, 15) is 22.8 Å². The fourth-order valence-electron chi connectivity index (χ4n) is 4.05. The summed E-state index contributed by atoms with van der Waals surface area (Å²) in [5, 5.41) is 7.00. The normalized spacial score (nSPS) is 16.9. The van der Waals surface area contributed by atoms with Gasteiger partial charge in [0.2, 0.25) is 5.91 Å². The third-order valence-corrected chi connectivity index (χ3v) is 7.37. The number of nitrogens with zero attached hydrogens (tertiary/aromatic N) is 2. The summed E-state index contributed by atoms with van der Waals surface area (Å²) in [7, 11) is 0. The van der Waals surface area contributed by atoms with Crippen LogP contribution in [0.5, 0.6) is 0 Å². The zero-order chi connectivity index (χ0) is 23.8. The second-order valence-corrected chi connectivity index (χ2v) is 9.89. The van der Waals surface area contributed by atoms with E-state index in [4.69, 9.17) is 4.74 Å². The zero-order valence-electron chi connectivity index (χ0n) is 18.8. The Hall–Kier alpha value is -2.36. The second-order valence-electron chi connectivity index (χ2n) is 8.79. The van der Waals surface area contributed by atoms with Gasteiger partial charge in [-0.2, -0.15) is 18.3 Å². The number of anilines is 1. The molecule has 0 aromatic carbocycles. The Balaban J connectivity index is 1.48. The molecule has 1 atom stereocenters. The van der Waals surface area contributed by atoms with Crippen molar-refractivity contribution < 1.29 is 27.5 Å². The molecule has 2 aliphatic carbocycles. The van der Waals surface area contributed by atoms with Gasteiger partial charge >= 0.3 is 12.1 Å². The molecule has 1 saturated carbocycles. The molecule has 2 heterocycles. The van der Waals surface area contributed by atoms with Crippen LogP contribution in [0.1, 0.15) is 90.5 Å². The number of rotatable bonds is 8. The molecule has 1 fully saturated rings. The number of aromatic nitrogens is 2. The van der Waals surface area contributed by atoms with Gasteiger partial charge in [-0.1, -0.05) is 6.92 Å². The molecule has 33 heavy (non-hydrogen) atoms. The maximum Gasteiger partial charge on any atom is 0.435 e. The topological polar surface area (TPSA) is 73.2 Å². The molecule has 2 aromatic rings. The molecule has 10 heteroatoms. The van der Waals surface area contributed by atoms with Gasteiger partial charge in [0.25, 0.3) is 0 Å². The lowest BCUT2D eigenvalue weighted by molar-refractivity contribution is -0.141. The monoisotopic (exact) mass is 483 g/mol. The van der Waals surface area contributed by atoms with Crippen LogP contribution in [0, 0.1) is 0 Å². The molecular formula is C23H28F3N3O3S. The molecule has 0 spiro atoms. The van der Waals surface area contributed by atoms with Crippen LogP contribution in [0.25, 0.3) is 0 Å². The Morgan fingerprint density at radius 3 is 2.70 bits per heavy atom. The van der Waals surface area contributed by atoms with E-state index in [0.717, 1.165) is 55.0 Å². The maximum absolute atomic E-state index is 13.1. The van der Waals surface area contributed by atoms with Gasteiger partial charge in [0.15, 0.2) is 5.69 Å². The smallest absolute Gasteiger partial charge is 0.435 e. The summed E-state index contributed by atoms with van der Waals surface area (Å²) in [6, 6.07) is 1.09. The van der Waals surface area contributed by atoms with E-state index in [-0.39, 0.29) is 30.9 Å². The van der Waals surface area contributed by atoms with Crippen molar-refractivity contribution in [1.29, 1.82) is 0 Å². The summed E-state index contributed by atoms with van der Waals surface area (Å²) in [5.41, 5.74) is 0.985. The van der Waals surface area contributed by atoms with Crippen molar-refractivity contribution in [2.75, 3.05) is 5.32 Å². The van der Waals surface area contributed by atoms with Crippen LogP contribution >= 0.6 is 11.3 Å². The molecule has 180 valence electrons. The number of aryl methyl sites for hydroxylation is 2. The number of halogens is 3. The van der Waals surface area contributed by atoms with Crippen molar-refractivity contribution >= 4 is 28.2 Å². The van der Waals surface area contributed by atoms with E-state index in [0.29, 0.717) is 22.7 Å². The molecule has 2 aliphatic rings. The minimum absolute atomic E-state index is 0.0406. The Bertz CT molecular complexity index is 1040. The van der Waals surface area contributed by atoms with Crippen molar-refractivity contribution in [2.45, 2.75) is 90.0 Å². The largest absolute Gasteiger partial charge is 0.459 e. The van der Waals surface area contributed by atoms with Gasteiger partial charge in [0, 0.05) is 29.5 Å². The minimum Gasteiger partial charge on any atom is -0.459 e. The number of fused-ring (bicyclic) bond motifs is 1. The number of carbonyl (C=O) groups is 2. The van der Waals surface area contributed by atoms with Crippen LogP contribution in [-0.2, 0) is 35.1 Å². The number of ether oxygens (including phenoxy) is 1. The van der Waals surface area contributed by atoms with E-state index >= 15 is 0 Å². The SMILES string of the molecule is CCC(C)OC(=O)c1c(NC(=O)CCn2nc(C(F)(F)F)cc2C2CC2)sc2c1CCCC2. The van der Waals surface area contributed by atoms with E-state index < -0.39 is 17.8 Å². The van der Waals surface area contributed by atoms with Gasteiger partial charge in [0.05, 0.1) is 11.7 Å². The van der Waals surface area contributed by atoms with Gasteiger partial charge in [-0.3, -0.25) is 9.48 Å². The Kier molecular flexibility index (Phi) is 6.83. The number of hydrogen-bond acceptors (Lipinski definition) is 5. The molecule has 2 aromatic heterocycles. The predicted octanol–water partition coefficient (Wildman–Crippen LogP) is 5.70. The van der Waals surface area contributed by atoms with Crippen molar-refractivity contribution in [3.05, 3.63) is 33.5 Å². The summed E-state index contributed by atoms with van der Waals surface area (Å²) in [6.07, 6.45) is 1.20. The van der Waals surface area contributed by atoms with Crippen LogP contribution in [0.3, 0.4) is 0 Å². The molecule has 0 bridgehead atoms. The summed E-state index contributed by atoms with van der Waals surface area (Å²) < 4.78 is 46.2. The molecule has 1 amide bonds. The summed E-state index contributed by atoms with van der Waals surface area (Å²) in [4.78, 5) is 26.7. The van der Waals surface area contributed by atoms with Gasteiger partial charge in [0.1, 0.15) is 5.00 Å². The highest BCUT2D eigenvalue weighted by molar-refractivity contribution is 7.17. The minimum atomic E-state index is -4.52. The lowest BCUT2D eigenvalue weighted by Crippen LogP contribution is -2.20. The van der Waals surface area contributed by atoms with Crippen LogP contribution in [0.15, 0.2) is 6.07 Å². The highest BCUT2D eigenvalue weighted by atomic mass is 32.1. The van der Waals surface area contributed by atoms with Crippen molar-refractivity contribution in [3.63, 3.8) is 0 Å². The number of esters is 1. The van der Waals surface area contributed by atoms with Crippen molar-refractivity contribution in [1.82, 2.24) is 9.78 Å². The first kappa shape index (κ1) is 23.8. The average Bonchev–Trinajstić information content (AvgIpc) is 3.39. The molecule has 1 unspecified atom stereocenters. The van der Waals surface area contributed by atoms with Gasteiger partial charge in [-0.25, -0.2) is 4.79 Å². The lowest BCUT2D eigenvalue weighted by Gasteiger charge is -2.15. The van der Waals surface area contributed by atoms with Gasteiger partial charge in [-0.15, -0.1) is 11.3 Å². The number of nitrogens with one attached hydrogen (secondary N) is 1. The number of alkyl halides is 3. The first-order valence-corrected chi connectivity index (χ1v) is 12.3. The Morgan fingerprint density at radius 1 is 1.30 bits per heavy atom. The van der Waals surface area contributed by atoms with Crippen LogP contribution in [0.2, 0.25) is 0 Å². The van der Waals surface area contributed by atoms with Crippen LogP contribution < -0.4 is 5.32 Å². The standard InChI is InChI=1S/C23H28F3N3O3S/c1-3-13(2)32-22(31)20-15-6-4-5-7-17(15)33-21(20)27-19(30)10-11-29-16(14-8-9-14)12-18(28-29)23(24,25)26/h12-14H,3-11H2,1-2H3,(H,27,30). The third-order valence-electron chi connectivity index (χ3n) is 6.16. The second kappa shape index (κ2) is 9.48. The third kappa shape index (κ3) is 5.42. The summed E-state index contributed by atoms with van der Waals surface area (Å²) in [6.45, 7) is 3.80. The first-order chi connectivity index (χ1) is 15.7. The Labute approximate surface area is 194 Å². The zero-order valence-corrected chi connectivity index (χ0v) is 19.6. The fraction of sp³-hybridized carbons (Fsp3) is 0.609. The van der Waals surface area contributed by atoms with E-state index in [2.05, 4.69) is 10.4 Å².